The normalized spacial score (nSPS) is 15.6. The highest BCUT2D eigenvalue weighted by Gasteiger charge is 2.34. The van der Waals surface area contributed by atoms with Crippen LogP contribution in [0.15, 0.2) is 24.3 Å². The molecule has 0 heterocycles. The summed E-state index contributed by atoms with van der Waals surface area (Å²) in [6.45, 7) is 3.39. The summed E-state index contributed by atoms with van der Waals surface area (Å²) in [5.74, 6) is 1.44. The van der Waals surface area contributed by atoms with E-state index >= 15 is 0 Å². The molecule has 0 saturated heterocycles. The number of nitrogens with two attached hydrogens (primary N) is 1. The van der Waals surface area contributed by atoms with E-state index in [0.717, 1.165) is 25.2 Å². The van der Waals surface area contributed by atoms with Gasteiger partial charge in [-0.25, -0.2) is 0 Å². The number of hydrogen-bond donors (Lipinski definition) is 1. The Balaban J connectivity index is 1.95. The lowest BCUT2D eigenvalue weighted by atomic mass is 10.1. The first kappa shape index (κ1) is 15.8. The van der Waals surface area contributed by atoms with Crippen molar-refractivity contribution in [1.29, 1.82) is 0 Å². The van der Waals surface area contributed by atoms with Gasteiger partial charge in [0.25, 0.3) is 5.91 Å². The van der Waals surface area contributed by atoms with Crippen LogP contribution in [0.4, 0.5) is 0 Å². The summed E-state index contributed by atoms with van der Waals surface area (Å²) in [7, 11) is 1.85. The largest absolute Gasteiger partial charge is 0.494 e. The zero-order valence-electron chi connectivity index (χ0n) is 13.0. The summed E-state index contributed by atoms with van der Waals surface area (Å²) >= 11 is 0. The number of carbonyl (C=O) groups is 1. The summed E-state index contributed by atoms with van der Waals surface area (Å²) < 4.78 is 5.61. The highest BCUT2D eigenvalue weighted by Crippen LogP contribution is 2.35. The topological polar surface area (TPSA) is 55.6 Å². The van der Waals surface area contributed by atoms with E-state index in [4.69, 9.17) is 10.5 Å². The Hall–Kier alpha value is -1.55. The number of benzene rings is 1. The first-order valence-electron chi connectivity index (χ1n) is 7.87. The number of carbonyl (C=O) groups excluding carboxylic acids is 1. The standard InChI is InChI=1S/C17H26N2O2/c1-3-4-11-21-15-9-7-14(8-10-15)17(20)19(2)16(12-18)13-5-6-13/h7-10,13,16H,3-6,11-12,18H2,1-2H3. The molecule has 1 atom stereocenters. The second kappa shape index (κ2) is 7.46. The van der Waals surface area contributed by atoms with Crippen LogP contribution >= 0.6 is 0 Å². The minimum absolute atomic E-state index is 0.0393. The lowest BCUT2D eigenvalue weighted by Gasteiger charge is -2.27. The van der Waals surface area contributed by atoms with E-state index in [1.54, 1.807) is 4.90 Å². The predicted molar refractivity (Wildman–Crippen MR) is 84.5 cm³/mol. The van der Waals surface area contributed by atoms with E-state index in [0.29, 0.717) is 18.0 Å². The van der Waals surface area contributed by atoms with E-state index in [1.165, 1.54) is 12.8 Å². The molecule has 1 amide bonds. The SMILES string of the molecule is CCCCOc1ccc(C(=O)N(C)C(CN)C2CC2)cc1. The first-order valence-corrected chi connectivity index (χ1v) is 7.87. The van der Waals surface area contributed by atoms with Crippen molar-refractivity contribution in [3.63, 3.8) is 0 Å². The molecular weight excluding hydrogens is 264 g/mol. The number of unbranched alkanes of at least 4 members (excludes halogenated alkanes) is 1. The van der Waals surface area contributed by atoms with Crippen LogP contribution in [0, 0.1) is 5.92 Å². The van der Waals surface area contributed by atoms with Crippen LogP contribution in [0.1, 0.15) is 43.0 Å². The van der Waals surface area contributed by atoms with Crippen LogP contribution in [0.3, 0.4) is 0 Å². The average molecular weight is 290 g/mol. The van der Waals surface area contributed by atoms with Crippen LogP contribution in [0.5, 0.6) is 5.75 Å². The molecule has 21 heavy (non-hydrogen) atoms. The summed E-state index contributed by atoms with van der Waals surface area (Å²) in [6.07, 6.45) is 4.53. The predicted octanol–water partition coefficient (Wildman–Crippen LogP) is 2.67. The van der Waals surface area contributed by atoms with Gasteiger partial charge in [-0.15, -0.1) is 0 Å². The van der Waals surface area contributed by atoms with E-state index in [1.807, 2.05) is 31.3 Å². The molecule has 1 aromatic rings. The molecule has 1 saturated carbocycles. The Kier molecular flexibility index (Phi) is 5.62. The number of amides is 1. The van der Waals surface area contributed by atoms with E-state index in [2.05, 4.69) is 6.92 Å². The van der Waals surface area contributed by atoms with Crippen LogP contribution in [-0.2, 0) is 0 Å². The Labute approximate surface area is 127 Å². The molecule has 0 bridgehead atoms. The number of nitrogens with zero attached hydrogens (tertiary/aromatic N) is 1. The maximum Gasteiger partial charge on any atom is 0.253 e. The van der Waals surface area contributed by atoms with Crippen molar-refractivity contribution in [2.75, 3.05) is 20.2 Å². The van der Waals surface area contributed by atoms with Crippen LogP contribution in [0.2, 0.25) is 0 Å². The fourth-order valence-electron chi connectivity index (χ4n) is 2.53. The minimum Gasteiger partial charge on any atom is -0.494 e. The van der Waals surface area contributed by atoms with Crippen molar-refractivity contribution in [3.05, 3.63) is 29.8 Å². The van der Waals surface area contributed by atoms with Crippen LogP contribution in [-0.4, -0.2) is 37.0 Å². The molecule has 4 nitrogen and oxygen atoms in total. The van der Waals surface area contributed by atoms with Gasteiger partial charge in [0.15, 0.2) is 0 Å². The van der Waals surface area contributed by atoms with Crippen molar-refractivity contribution in [1.82, 2.24) is 4.90 Å². The van der Waals surface area contributed by atoms with Crippen molar-refractivity contribution >= 4 is 5.91 Å². The molecule has 1 aliphatic carbocycles. The van der Waals surface area contributed by atoms with Crippen LogP contribution in [0.25, 0.3) is 0 Å². The first-order chi connectivity index (χ1) is 10.2. The molecule has 2 rings (SSSR count). The van der Waals surface area contributed by atoms with Crippen LogP contribution < -0.4 is 10.5 Å². The fourth-order valence-corrected chi connectivity index (χ4v) is 2.53. The quantitative estimate of drug-likeness (QED) is 0.749. The van der Waals surface area contributed by atoms with Gasteiger partial charge in [0.1, 0.15) is 5.75 Å². The van der Waals surface area contributed by atoms with Crippen molar-refractivity contribution in [2.24, 2.45) is 11.7 Å². The van der Waals surface area contributed by atoms with Gasteiger partial charge in [-0.3, -0.25) is 4.79 Å². The van der Waals surface area contributed by atoms with Crippen molar-refractivity contribution in [3.8, 4) is 5.75 Å². The van der Waals surface area contributed by atoms with Gasteiger partial charge in [-0.2, -0.15) is 0 Å². The minimum atomic E-state index is 0.0393. The zero-order valence-corrected chi connectivity index (χ0v) is 13.0. The molecule has 0 spiro atoms. The average Bonchev–Trinajstić information content (AvgIpc) is 3.33. The molecule has 0 aliphatic heterocycles. The molecular formula is C17H26N2O2. The Morgan fingerprint density at radius 2 is 2.05 bits per heavy atom. The molecule has 1 fully saturated rings. The van der Waals surface area contributed by atoms with E-state index in [9.17, 15) is 4.79 Å². The number of ether oxygens (including phenoxy) is 1. The van der Waals surface area contributed by atoms with Gasteiger partial charge in [-0.1, -0.05) is 13.3 Å². The monoisotopic (exact) mass is 290 g/mol. The van der Waals surface area contributed by atoms with E-state index < -0.39 is 0 Å². The molecule has 4 heteroatoms. The fraction of sp³-hybridized carbons (Fsp3) is 0.588. The summed E-state index contributed by atoms with van der Waals surface area (Å²) in [4.78, 5) is 14.3. The highest BCUT2D eigenvalue weighted by molar-refractivity contribution is 5.94. The molecule has 1 aromatic carbocycles. The summed E-state index contributed by atoms with van der Waals surface area (Å²) in [6, 6.07) is 7.57. The smallest absolute Gasteiger partial charge is 0.253 e. The maximum atomic E-state index is 12.5. The van der Waals surface area contributed by atoms with Gasteiger partial charge in [-0.05, 0) is 49.4 Å². The molecule has 2 N–H and O–H groups in total. The second-order valence-electron chi connectivity index (χ2n) is 5.78. The highest BCUT2D eigenvalue weighted by atomic mass is 16.5. The third kappa shape index (κ3) is 4.21. The Bertz CT molecular complexity index is 454. The summed E-state index contributed by atoms with van der Waals surface area (Å²) in [5, 5.41) is 0. The number of hydrogen-bond acceptors (Lipinski definition) is 3. The number of rotatable bonds is 8. The molecule has 1 aliphatic rings. The van der Waals surface area contributed by atoms with Crippen molar-refractivity contribution in [2.45, 2.75) is 38.6 Å². The zero-order chi connectivity index (χ0) is 15.2. The lowest BCUT2D eigenvalue weighted by molar-refractivity contribution is 0.0718. The third-order valence-electron chi connectivity index (χ3n) is 4.09. The van der Waals surface area contributed by atoms with E-state index in [-0.39, 0.29) is 11.9 Å². The van der Waals surface area contributed by atoms with Gasteiger partial charge >= 0.3 is 0 Å². The maximum absolute atomic E-state index is 12.5. The second-order valence-corrected chi connectivity index (χ2v) is 5.78. The summed E-state index contributed by atoms with van der Waals surface area (Å²) in [5.41, 5.74) is 6.50. The lowest BCUT2D eigenvalue weighted by Crippen LogP contribution is -2.43. The Morgan fingerprint density at radius 1 is 1.38 bits per heavy atom. The molecule has 0 radical (unpaired) electrons. The Morgan fingerprint density at radius 3 is 2.57 bits per heavy atom. The van der Waals surface area contributed by atoms with Gasteiger partial charge in [0.2, 0.25) is 0 Å². The molecule has 116 valence electrons. The van der Waals surface area contributed by atoms with Gasteiger partial charge < -0.3 is 15.4 Å². The number of likely N-dealkylation sites (N-methyl/N-ethyl adjacent to an activating group) is 1. The molecule has 1 unspecified atom stereocenters. The van der Waals surface area contributed by atoms with Crippen molar-refractivity contribution < 1.29 is 9.53 Å². The van der Waals surface area contributed by atoms with Gasteiger partial charge in [0, 0.05) is 25.2 Å². The molecule has 0 aromatic heterocycles. The van der Waals surface area contributed by atoms with Gasteiger partial charge in [0.05, 0.1) is 6.61 Å². The third-order valence-corrected chi connectivity index (χ3v) is 4.09.